The number of aryl methyl sites for hydroxylation is 1. The number of ether oxygens (including phenoxy) is 3. The molecule has 1 saturated heterocycles. The second kappa shape index (κ2) is 10.3. The zero-order valence-electron chi connectivity index (χ0n) is 18.1. The van der Waals surface area contributed by atoms with Gasteiger partial charge in [-0.25, -0.2) is 13.2 Å². The number of carbonyl (C=O) groups excluding carboxylic acids is 2. The van der Waals surface area contributed by atoms with E-state index in [9.17, 15) is 18.0 Å². The Morgan fingerprint density at radius 3 is 2.59 bits per heavy atom. The minimum absolute atomic E-state index is 0.0698. The van der Waals surface area contributed by atoms with Crippen LogP contribution < -0.4 is 9.47 Å². The van der Waals surface area contributed by atoms with Gasteiger partial charge < -0.3 is 14.2 Å². The summed E-state index contributed by atoms with van der Waals surface area (Å²) in [5, 5.41) is 0. The molecule has 0 aliphatic carbocycles. The van der Waals surface area contributed by atoms with E-state index in [1.54, 1.807) is 36.4 Å². The first-order valence-electron chi connectivity index (χ1n) is 9.97. The van der Waals surface area contributed by atoms with Crippen molar-refractivity contribution in [3.8, 4) is 11.5 Å². The largest absolute Gasteiger partial charge is 0.493 e. The molecule has 2 aromatic rings. The molecular weight excluding hydrogens is 454 g/mol. The zero-order valence-corrected chi connectivity index (χ0v) is 19.7. The van der Waals surface area contributed by atoms with Gasteiger partial charge in [0.05, 0.1) is 20.1 Å². The summed E-state index contributed by atoms with van der Waals surface area (Å²) in [7, 11) is -0.911. The van der Waals surface area contributed by atoms with E-state index in [0.29, 0.717) is 30.7 Å². The van der Waals surface area contributed by atoms with Crippen molar-refractivity contribution in [2.24, 2.45) is 5.92 Å². The van der Waals surface area contributed by atoms with Gasteiger partial charge in [-0.15, -0.1) is 11.3 Å². The summed E-state index contributed by atoms with van der Waals surface area (Å²) in [6.45, 7) is 2.29. The molecule has 32 heavy (non-hydrogen) atoms. The zero-order chi connectivity index (χ0) is 23.3. The predicted molar refractivity (Wildman–Crippen MR) is 120 cm³/mol. The van der Waals surface area contributed by atoms with E-state index in [-0.39, 0.29) is 16.5 Å². The Morgan fingerprint density at radius 1 is 1.16 bits per heavy atom. The van der Waals surface area contributed by atoms with Crippen LogP contribution in [-0.2, 0) is 24.3 Å². The number of benzene rings is 1. The Morgan fingerprint density at radius 2 is 1.94 bits per heavy atom. The number of thiophene rings is 1. The molecule has 0 bridgehead atoms. The molecule has 1 aliphatic rings. The average Bonchev–Trinajstić information content (AvgIpc) is 3.25. The van der Waals surface area contributed by atoms with Crippen LogP contribution in [0.15, 0.2) is 40.6 Å². The van der Waals surface area contributed by atoms with Crippen LogP contribution in [0.1, 0.15) is 23.3 Å². The Kier molecular flexibility index (Phi) is 7.70. The fourth-order valence-corrected chi connectivity index (χ4v) is 6.29. The highest BCUT2D eigenvalue weighted by atomic mass is 32.2. The van der Waals surface area contributed by atoms with E-state index in [1.165, 1.54) is 35.9 Å². The molecule has 1 fully saturated rings. The van der Waals surface area contributed by atoms with Crippen molar-refractivity contribution in [3.05, 3.63) is 46.8 Å². The minimum Gasteiger partial charge on any atom is -0.493 e. The van der Waals surface area contributed by atoms with E-state index in [0.717, 1.165) is 4.88 Å². The molecule has 1 atom stereocenters. The second-order valence-electron chi connectivity index (χ2n) is 7.26. The van der Waals surface area contributed by atoms with Crippen molar-refractivity contribution in [1.82, 2.24) is 4.31 Å². The molecule has 1 aromatic carbocycles. The highest BCUT2D eigenvalue weighted by Gasteiger charge is 2.35. The van der Waals surface area contributed by atoms with Gasteiger partial charge in [-0.2, -0.15) is 4.31 Å². The van der Waals surface area contributed by atoms with Gasteiger partial charge in [0.2, 0.25) is 0 Å². The molecule has 0 saturated carbocycles. The van der Waals surface area contributed by atoms with Crippen LogP contribution in [0.25, 0.3) is 6.08 Å². The smallest absolute Gasteiger partial charge is 0.330 e. The first-order valence-corrected chi connectivity index (χ1v) is 12.2. The normalized spacial score (nSPS) is 17.3. The van der Waals surface area contributed by atoms with Gasteiger partial charge in [-0.1, -0.05) is 6.07 Å². The van der Waals surface area contributed by atoms with Crippen molar-refractivity contribution in [3.63, 3.8) is 0 Å². The molecule has 0 N–H and O–H groups in total. The molecular formula is C22H25NO7S2. The fraction of sp³-hybridized carbons (Fsp3) is 0.364. The summed E-state index contributed by atoms with van der Waals surface area (Å²) in [6, 6.07) is 8.22. The van der Waals surface area contributed by atoms with Crippen molar-refractivity contribution in [2.75, 3.05) is 27.3 Å². The van der Waals surface area contributed by atoms with Crippen LogP contribution in [0.5, 0.6) is 11.5 Å². The Labute approximate surface area is 191 Å². The third-order valence-corrected chi connectivity index (χ3v) is 8.37. The molecule has 3 rings (SSSR count). The second-order valence-corrected chi connectivity index (χ2v) is 10.7. The number of hydrogen-bond donors (Lipinski definition) is 0. The number of hydrogen-bond acceptors (Lipinski definition) is 8. The summed E-state index contributed by atoms with van der Waals surface area (Å²) in [6.07, 6.45) is 3.93. The van der Waals surface area contributed by atoms with Crippen LogP contribution in [0, 0.1) is 12.8 Å². The number of carbonyl (C=O) groups is 2. The fourth-order valence-electron chi connectivity index (χ4n) is 3.33. The highest BCUT2D eigenvalue weighted by Crippen LogP contribution is 2.32. The van der Waals surface area contributed by atoms with E-state index in [2.05, 4.69) is 4.74 Å². The summed E-state index contributed by atoms with van der Waals surface area (Å²) in [5.41, 5.74) is 0.660. The average molecular weight is 480 g/mol. The van der Waals surface area contributed by atoms with Crippen LogP contribution in [0.3, 0.4) is 0 Å². The molecule has 8 nitrogen and oxygen atoms in total. The monoisotopic (exact) mass is 479 g/mol. The van der Waals surface area contributed by atoms with Gasteiger partial charge >= 0.3 is 11.9 Å². The Bertz CT molecular complexity index is 1120. The number of methoxy groups -OCH3 is 2. The number of nitrogens with zero attached hydrogens (tertiary/aromatic N) is 1. The van der Waals surface area contributed by atoms with E-state index in [1.807, 2.05) is 6.92 Å². The maximum Gasteiger partial charge on any atom is 0.330 e. The SMILES string of the molecule is COC(=O)/C=C/c1ccc(OC(=O)C2CCCN(S(=O)(=O)c3ccc(C)s3)C2)c(OC)c1. The van der Waals surface area contributed by atoms with Gasteiger partial charge in [0.25, 0.3) is 10.0 Å². The third-order valence-electron chi connectivity index (χ3n) is 5.04. The van der Waals surface area contributed by atoms with Gasteiger partial charge in [0, 0.05) is 24.0 Å². The van der Waals surface area contributed by atoms with Crippen LogP contribution in [0.2, 0.25) is 0 Å². The van der Waals surface area contributed by atoms with Crippen molar-refractivity contribution in [1.29, 1.82) is 0 Å². The molecule has 1 unspecified atom stereocenters. The van der Waals surface area contributed by atoms with Crippen LogP contribution in [-0.4, -0.2) is 52.0 Å². The predicted octanol–water partition coefficient (Wildman–Crippen LogP) is 3.26. The number of piperidine rings is 1. The van der Waals surface area contributed by atoms with Crippen molar-refractivity contribution in [2.45, 2.75) is 24.0 Å². The van der Waals surface area contributed by atoms with Gasteiger partial charge in [0.1, 0.15) is 4.21 Å². The minimum atomic E-state index is -3.64. The Balaban J connectivity index is 1.71. The van der Waals surface area contributed by atoms with Gasteiger partial charge in [-0.05, 0) is 55.7 Å². The van der Waals surface area contributed by atoms with Gasteiger partial charge in [-0.3, -0.25) is 4.79 Å². The topological polar surface area (TPSA) is 99.2 Å². The molecule has 2 heterocycles. The van der Waals surface area contributed by atoms with E-state index < -0.39 is 27.9 Å². The molecule has 10 heteroatoms. The molecule has 0 amide bonds. The van der Waals surface area contributed by atoms with E-state index >= 15 is 0 Å². The molecule has 0 spiro atoms. The van der Waals surface area contributed by atoms with E-state index in [4.69, 9.17) is 9.47 Å². The lowest BCUT2D eigenvalue weighted by Crippen LogP contribution is -2.43. The standard InChI is InChI=1S/C22H25NO7S2/c1-15-6-11-21(31-15)32(26,27)23-12-4-5-17(14-23)22(25)30-18-9-7-16(13-19(18)28-2)8-10-20(24)29-3/h6-11,13,17H,4-5,12,14H2,1-3H3/b10-8+. The van der Waals surface area contributed by atoms with Crippen LogP contribution >= 0.6 is 11.3 Å². The molecule has 1 aliphatic heterocycles. The number of rotatable bonds is 7. The number of sulfonamides is 1. The lowest BCUT2D eigenvalue weighted by atomic mass is 10.00. The summed E-state index contributed by atoms with van der Waals surface area (Å²) >= 11 is 1.22. The third kappa shape index (κ3) is 5.56. The van der Waals surface area contributed by atoms with Crippen molar-refractivity contribution >= 4 is 39.4 Å². The Hall–Kier alpha value is -2.69. The maximum atomic E-state index is 12.9. The maximum absolute atomic E-state index is 12.9. The van der Waals surface area contributed by atoms with Crippen LogP contribution in [0.4, 0.5) is 0 Å². The summed E-state index contributed by atoms with van der Waals surface area (Å²) < 4.78 is 42.9. The lowest BCUT2D eigenvalue weighted by molar-refractivity contribution is -0.140. The highest BCUT2D eigenvalue weighted by molar-refractivity contribution is 7.91. The first-order chi connectivity index (χ1) is 15.2. The summed E-state index contributed by atoms with van der Waals surface area (Å²) in [5.74, 6) is -1.04. The molecule has 172 valence electrons. The first kappa shape index (κ1) is 24.0. The quantitative estimate of drug-likeness (QED) is 0.341. The lowest BCUT2D eigenvalue weighted by Gasteiger charge is -2.30. The molecule has 1 aromatic heterocycles. The van der Waals surface area contributed by atoms with Gasteiger partial charge in [0.15, 0.2) is 11.5 Å². The van der Waals surface area contributed by atoms with Crippen molar-refractivity contribution < 1.29 is 32.2 Å². The molecule has 0 radical (unpaired) electrons. The summed E-state index contributed by atoms with van der Waals surface area (Å²) in [4.78, 5) is 25.0. The number of esters is 2.